The first-order chi connectivity index (χ1) is 13.0. The summed E-state index contributed by atoms with van der Waals surface area (Å²) in [7, 11) is 0. The van der Waals surface area contributed by atoms with Crippen molar-refractivity contribution in [2.45, 2.75) is 25.2 Å². The van der Waals surface area contributed by atoms with Gasteiger partial charge in [-0.1, -0.05) is 41.6 Å². The molecular weight excluding hydrogens is 365 g/mol. The van der Waals surface area contributed by atoms with Gasteiger partial charge in [0.2, 0.25) is 5.91 Å². The van der Waals surface area contributed by atoms with Gasteiger partial charge in [-0.3, -0.25) is 4.79 Å². The molecule has 0 spiro atoms. The Morgan fingerprint density at radius 1 is 1.19 bits per heavy atom. The largest absolute Gasteiger partial charge is 0.390 e. The van der Waals surface area contributed by atoms with Gasteiger partial charge >= 0.3 is 0 Å². The van der Waals surface area contributed by atoms with Gasteiger partial charge in [0.25, 0.3) is 0 Å². The Hall–Kier alpha value is -2.64. The van der Waals surface area contributed by atoms with Crippen LogP contribution in [0.3, 0.4) is 0 Å². The Labute approximate surface area is 161 Å². The Morgan fingerprint density at radius 3 is 2.56 bits per heavy atom. The number of aryl methyl sites for hydroxylation is 1. The number of imidazole rings is 1. The number of hydrogen-bond acceptors (Lipinski definition) is 4. The zero-order chi connectivity index (χ0) is 19.2. The molecule has 3 rings (SSSR count). The number of rotatable bonds is 7. The molecule has 27 heavy (non-hydrogen) atoms. The summed E-state index contributed by atoms with van der Waals surface area (Å²) in [5.41, 5.74) is 3.50. The minimum atomic E-state index is -0.350. The Kier molecular flexibility index (Phi) is 6.26. The predicted octanol–water partition coefficient (Wildman–Crippen LogP) is 3.60. The molecule has 3 aromatic rings. The second kappa shape index (κ2) is 8.83. The number of amides is 1. The summed E-state index contributed by atoms with van der Waals surface area (Å²) in [6.07, 6.45) is 1.62. The van der Waals surface area contributed by atoms with E-state index in [1.807, 2.05) is 35.8 Å². The number of thioether (sulfide) groups is 1. The quantitative estimate of drug-likeness (QED) is 0.610. The fourth-order valence-corrected chi connectivity index (χ4v) is 3.34. The van der Waals surface area contributed by atoms with Gasteiger partial charge < -0.3 is 15.0 Å². The molecule has 0 fully saturated rings. The van der Waals surface area contributed by atoms with Crippen LogP contribution in [0, 0.1) is 12.7 Å². The van der Waals surface area contributed by atoms with Crippen molar-refractivity contribution >= 4 is 23.4 Å². The van der Waals surface area contributed by atoms with Gasteiger partial charge in [-0.2, -0.15) is 0 Å². The van der Waals surface area contributed by atoms with Crippen LogP contribution >= 0.6 is 11.8 Å². The summed E-state index contributed by atoms with van der Waals surface area (Å²) < 4.78 is 14.8. The normalized spacial score (nSPS) is 10.8. The minimum absolute atomic E-state index is 0.124. The third-order valence-corrected chi connectivity index (χ3v) is 4.98. The van der Waals surface area contributed by atoms with Gasteiger partial charge in [0.05, 0.1) is 24.3 Å². The second-order valence-corrected chi connectivity index (χ2v) is 7.05. The maximum Gasteiger partial charge on any atom is 0.234 e. The van der Waals surface area contributed by atoms with Crippen LogP contribution in [0.5, 0.6) is 0 Å². The predicted molar refractivity (Wildman–Crippen MR) is 104 cm³/mol. The first-order valence-electron chi connectivity index (χ1n) is 8.44. The van der Waals surface area contributed by atoms with E-state index >= 15 is 0 Å². The number of halogens is 1. The molecule has 1 amide bonds. The third-order valence-electron chi connectivity index (χ3n) is 3.99. The number of hydrogen-bond donors (Lipinski definition) is 2. The molecule has 2 aromatic carbocycles. The highest BCUT2D eigenvalue weighted by atomic mass is 32.2. The van der Waals surface area contributed by atoms with Crippen molar-refractivity contribution in [3.63, 3.8) is 0 Å². The van der Waals surface area contributed by atoms with Crippen LogP contribution < -0.4 is 5.32 Å². The molecule has 1 aromatic heterocycles. The molecule has 7 heteroatoms. The van der Waals surface area contributed by atoms with E-state index in [2.05, 4.69) is 10.3 Å². The number of carbonyl (C=O) groups is 1. The van der Waals surface area contributed by atoms with Gasteiger partial charge in [-0.05, 0) is 36.8 Å². The maximum absolute atomic E-state index is 12.9. The summed E-state index contributed by atoms with van der Waals surface area (Å²) in [5, 5.41) is 13.0. The van der Waals surface area contributed by atoms with Gasteiger partial charge in [-0.25, -0.2) is 9.37 Å². The number of nitrogens with one attached hydrogen (secondary N) is 1. The van der Waals surface area contributed by atoms with E-state index in [1.54, 1.807) is 6.20 Å². The van der Waals surface area contributed by atoms with Crippen molar-refractivity contribution in [3.05, 3.63) is 77.4 Å². The second-order valence-electron chi connectivity index (χ2n) is 6.11. The number of carbonyl (C=O) groups excluding carboxylic acids is 1. The van der Waals surface area contributed by atoms with Crippen molar-refractivity contribution < 1.29 is 14.3 Å². The molecule has 2 N–H and O–H groups in total. The number of aliphatic hydroxyl groups excluding tert-OH is 1. The molecule has 0 aliphatic heterocycles. The smallest absolute Gasteiger partial charge is 0.234 e. The van der Waals surface area contributed by atoms with Crippen LogP contribution in [0.25, 0.3) is 0 Å². The van der Waals surface area contributed by atoms with E-state index in [-0.39, 0.29) is 24.1 Å². The van der Waals surface area contributed by atoms with Gasteiger partial charge in [0.1, 0.15) is 5.82 Å². The number of nitrogens with zero attached hydrogens (tertiary/aromatic N) is 2. The van der Waals surface area contributed by atoms with Crippen molar-refractivity contribution in [1.29, 1.82) is 0 Å². The third kappa shape index (κ3) is 5.18. The number of aliphatic hydroxyl groups is 1. The van der Waals surface area contributed by atoms with Crippen LogP contribution in [0.1, 0.15) is 16.8 Å². The molecule has 1 heterocycles. The topological polar surface area (TPSA) is 67.1 Å². The number of benzene rings is 2. The van der Waals surface area contributed by atoms with Crippen molar-refractivity contribution in [2.24, 2.45) is 0 Å². The van der Waals surface area contributed by atoms with Crippen LogP contribution in [-0.2, 0) is 17.9 Å². The lowest BCUT2D eigenvalue weighted by Gasteiger charge is -2.11. The van der Waals surface area contributed by atoms with Crippen LogP contribution in [0.15, 0.2) is 59.9 Å². The fraction of sp³-hybridized carbons (Fsp3) is 0.200. The lowest BCUT2D eigenvalue weighted by atomic mass is 10.1. The monoisotopic (exact) mass is 385 g/mol. The van der Waals surface area contributed by atoms with Crippen LogP contribution in [-0.4, -0.2) is 26.3 Å². The average molecular weight is 385 g/mol. The highest BCUT2D eigenvalue weighted by Crippen LogP contribution is 2.21. The van der Waals surface area contributed by atoms with Crippen molar-refractivity contribution in [2.75, 3.05) is 11.1 Å². The summed E-state index contributed by atoms with van der Waals surface area (Å²) in [4.78, 5) is 16.5. The Balaban J connectivity index is 1.65. The summed E-state index contributed by atoms with van der Waals surface area (Å²) >= 11 is 1.29. The van der Waals surface area contributed by atoms with E-state index in [9.17, 15) is 14.3 Å². The van der Waals surface area contributed by atoms with Gasteiger partial charge in [-0.15, -0.1) is 0 Å². The van der Waals surface area contributed by atoms with Gasteiger partial charge in [0.15, 0.2) is 5.16 Å². The average Bonchev–Trinajstić information content (AvgIpc) is 3.05. The molecule has 0 unspecified atom stereocenters. The molecule has 5 nitrogen and oxygen atoms in total. The van der Waals surface area contributed by atoms with E-state index in [0.29, 0.717) is 23.1 Å². The van der Waals surface area contributed by atoms with E-state index in [1.165, 1.54) is 41.6 Å². The summed E-state index contributed by atoms with van der Waals surface area (Å²) in [6.45, 7) is 2.47. The molecular formula is C20H20FN3O2S. The van der Waals surface area contributed by atoms with Crippen molar-refractivity contribution in [3.8, 4) is 0 Å². The number of anilines is 1. The molecule has 0 atom stereocenters. The SMILES string of the molecule is Cc1ccc(Cn2c(CO)cnc2SCC(=O)Nc2ccc(F)cc2)cc1. The highest BCUT2D eigenvalue weighted by molar-refractivity contribution is 7.99. The zero-order valence-corrected chi connectivity index (χ0v) is 15.7. The highest BCUT2D eigenvalue weighted by Gasteiger charge is 2.13. The molecule has 0 aliphatic rings. The summed E-state index contributed by atoms with van der Waals surface area (Å²) in [5.74, 6) is -0.397. The van der Waals surface area contributed by atoms with E-state index in [0.717, 1.165) is 5.56 Å². The van der Waals surface area contributed by atoms with Crippen LogP contribution in [0.2, 0.25) is 0 Å². The minimum Gasteiger partial charge on any atom is -0.390 e. The number of aromatic nitrogens is 2. The Bertz CT molecular complexity index is 908. The maximum atomic E-state index is 12.9. The van der Waals surface area contributed by atoms with Crippen molar-refractivity contribution in [1.82, 2.24) is 9.55 Å². The molecule has 0 saturated carbocycles. The lowest BCUT2D eigenvalue weighted by molar-refractivity contribution is -0.113. The van der Waals surface area contributed by atoms with Crippen LogP contribution in [0.4, 0.5) is 10.1 Å². The zero-order valence-electron chi connectivity index (χ0n) is 14.9. The molecule has 0 saturated heterocycles. The first kappa shape index (κ1) is 19.1. The van der Waals surface area contributed by atoms with E-state index < -0.39 is 0 Å². The molecule has 0 radical (unpaired) electrons. The van der Waals surface area contributed by atoms with Gasteiger partial charge in [0, 0.05) is 12.2 Å². The fourth-order valence-electron chi connectivity index (χ4n) is 2.54. The lowest BCUT2D eigenvalue weighted by Crippen LogP contribution is -2.15. The molecule has 0 aliphatic carbocycles. The first-order valence-corrected chi connectivity index (χ1v) is 9.43. The standard InChI is InChI=1S/C20H20FN3O2S/c1-14-2-4-15(5-3-14)11-24-18(12-25)10-22-20(24)27-13-19(26)23-17-8-6-16(21)7-9-17/h2-10,25H,11-13H2,1H3,(H,23,26). The van der Waals surface area contributed by atoms with E-state index in [4.69, 9.17) is 0 Å². The summed E-state index contributed by atoms with van der Waals surface area (Å²) in [6, 6.07) is 13.8. The molecule has 140 valence electrons. The molecule has 0 bridgehead atoms. The Morgan fingerprint density at radius 2 is 1.89 bits per heavy atom.